The Morgan fingerprint density at radius 1 is 1.00 bits per heavy atom. The van der Waals surface area contributed by atoms with Crippen LogP contribution in [0.2, 0.25) is 5.02 Å². The lowest BCUT2D eigenvalue weighted by Gasteiger charge is -2.43. The summed E-state index contributed by atoms with van der Waals surface area (Å²) in [4.78, 5) is 30.0. The molecule has 0 aromatic heterocycles. The molecule has 2 aliphatic rings. The fourth-order valence-electron chi connectivity index (χ4n) is 4.09. The number of ether oxygens (including phenoxy) is 1. The fourth-order valence-corrected chi connectivity index (χ4v) is 4.22. The van der Waals surface area contributed by atoms with Crippen molar-refractivity contribution in [2.45, 2.75) is 12.3 Å². The molecule has 1 spiro atoms. The number of carbonyl (C=O) groups is 2. The van der Waals surface area contributed by atoms with Crippen LogP contribution >= 0.6 is 11.6 Å². The van der Waals surface area contributed by atoms with Gasteiger partial charge in [-0.15, -0.1) is 0 Å². The van der Waals surface area contributed by atoms with Crippen molar-refractivity contribution in [1.29, 1.82) is 0 Å². The molecule has 3 aromatic carbocycles. The smallest absolute Gasteiger partial charge is 0.329 e. The molecule has 30 heavy (non-hydrogen) atoms. The number of hydrogen-bond acceptors (Lipinski definition) is 3. The number of benzene rings is 3. The van der Waals surface area contributed by atoms with Crippen LogP contribution in [0.4, 0.5) is 21.9 Å². The Kier molecular flexibility index (Phi) is 4.27. The molecule has 0 aliphatic carbocycles. The second kappa shape index (κ2) is 6.86. The van der Waals surface area contributed by atoms with E-state index in [4.69, 9.17) is 16.3 Å². The van der Waals surface area contributed by atoms with E-state index in [1.165, 1.54) is 9.80 Å². The molecule has 150 valence electrons. The molecule has 2 heterocycles. The van der Waals surface area contributed by atoms with E-state index in [0.717, 1.165) is 5.56 Å². The number of amides is 3. The van der Waals surface area contributed by atoms with E-state index in [1.54, 1.807) is 31.3 Å². The van der Waals surface area contributed by atoms with Gasteiger partial charge in [0.05, 0.1) is 18.0 Å². The number of rotatable bonds is 1. The maximum absolute atomic E-state index is 13.6. The van der Waals surface area contributed by atoms with Crippen LogP contribution in [0.25, 0.3) is 0 Å². The predicted molar refractivity (Wildman–Crippen MR) is 116 cm³/mol. The number of fused-ring (bicyclic) bond motifs is 3. The van der Waals surface area contributed by atoms with Crippen molar-refractivity contribution in [2.75, 3.05) is 22.2 Å². The molecule has 0 fully saturated rings. The summed E-state index contributed by atoms with van der Waals surface area (Å²) in [6.45, 7) is 0.217. The Balaban J connectivity index is 1.67. The van der Waals surface area contributed by atoms with Crippen LogP contribution in [0.1, 0.15) is 11.1 Å². The monoisotopic (exact) mass is 419 g/mol. The second-order valence-corrected chi connectivity index (χ2v) is 7.65. The molecular formula is C23H18ClN3O3. The van der Waals surface area contributed by atoms with Gasteiger partial charge in [-0.25, -0.2) is 4.79 Å². The number of anilines is 3. The SMILES string of the molecule is CN1C(=O)C2(OCc3ccccc3N2C(=O)Nc2ccc(Cl)cc2)c2ccccc21. The zero-order chi connectivity index (χ0) is 20.9. The molecular weight excluding hydrogens is 402 g/mol. The van der Waals surface area contributed by atoms with Crippen LogP contribution in [0.15, 0.2) is 72.8 Å². The summed E-state index contributed by atoms with van der Waals surface area (Å²) in [6.07, 6.45) is 0. The lowest BCUT2D eigenvalue weighted by atomic mass is 9.98. The van der Waals surface area contributed by atoms with Gasteiger partial charge < -0.3 is 15.0 Å². The van der Waals surface area contributed by atoms with Crippen molar-refractivity contribution in [3.63, 3.8) is 0 Å². The number of para-hydroxylation sites is 2. The molecule has 2 aliphatic heterocycles. The van der Waals surface area contributed by atoms with Crippen LogP contribution in [-0.4, -0.2) is 19.0 Å². The van der Waals surface area contributed by atoms with Gasteiger partial charge in [0.1, 0.15) is 0 Å². The Labute approximate surface area is 178 Å². The second-order valence-electron chi connectivity index (χ2n) is 7.22. The first kappa shape index (κ1) is 18.7. The molecule has 1 N–H and O–H groups in total. The number of nitrogens with one attached hydrogen (secondary N) is 1. The minimum atomic E-state index is -1.57. The van der Waals surface area contributed by atoms with Gasteiger partial charge in [-0.3, -0.25) is 9.69 Å². The highest BCUT2D eigenvalue weighted by Gasteiger charge is 2.59. The Bertz CT molecular complexity index is 1160. The normalized spacial score (nSPS) is 19.6. The van der Waals surface area contributed by atoms with Crippen molar-refractivity contribution in [1.82, 2.24) is 0 Å². The van der Waals surface area contributed by atoms with E-state index in [0.29, 0.717) is 27.6 Å². The summed E-state index contributed by atoms with van der Waals surface area (Å²) in [7, 11) is 1.69. The van der Waals surface area contributed by atoms with Crippen molar-refractivity contribution in [3.05, 3.63) is 88.9 Å². The van der Waals surface area contributed by atoms with E-state index in [9.17, 15) is 9.59 Å². The lowest BCUT2D eigenvalue weighted by molar-refractivity contribution is -0.146. The topological polar surface area (TPSA) is 61.9 Å². The summed E-state index contributed by atoms with van der Waals surface area (Å²) < 4.78 is 6.21. The summed E-state index contributed by atoms with van der Waals surface area (Å²) in [5.74, 6) is -0.315. The third kappa shape index (κ3) is 2.61. The highest BCUT2D eigenvalue weighted by Crippen LogP contribution is 2.49. The van der Waals surface area contributed by atoms with Crippen molar-refractivity contribution in [3.8, 4) is 0 Å². The Morgan fingerprint density at radius 3 is 2.43 bits per heavy atom. The first-order valence-electron chi connectivity index (χ1n) is 9.48. The molecule has 6 nitrogen and oxygen atoms in total. The zero-order valence-electron chi connectivity index (χ0n) is 16.1. The van der Waals surface area contributed by atoms with Gasteiger partial charge in [0.15, 0.2) is 0 Å². The van der Waals surface area contributed by atoms with Crippen LogP contribution < -0.4 is 15.1 Å². The standard InChI is InChI=1S/C23H18ClN3O3/c1-26-20-9-5-3-7-18(20)23(21(26)28)27(19-8-4-2-6-15(19)14-30-23)22(29)25-17-12-10-16(24)11-13-17/h2-13H,14H2,1H3,(H,25,29). The van der Waals surface area contributed by atoms with Crippen molar-refractivity contribution >= 4 is 40.6 Å². The van der Waals surface area contributed by atoms with Gasteiger partial charge >= 0.3 is 6.03 Å². The van der Waals surface area contributed by atoms with Gasteiger partial charge in [-0.1, -0.05) is 48.0 Å². The van der Waals surface area contributed by atoms with Gasteiger partial charge in [-0.2, -0.15) is 0 Å². The van der Waals surface area contributed by atoms with Crippen LogP contribution in [0, 0.1) is 0 Å². The van der Waals surface area contributed by atoms with E-state index in [1.807, 2.05) is 48.5 Å². The quantitative estimate of drug-likeness (QED) is 0.619. The maximum Gasteiger partial charge on any atom is 0.329 e. The highest BCUT2D eigenvalue weighted by atomic mass is 35.5. The van der Waals surface area contributed by atoms with Crippen molar-refractivity contribution < 1.29 is 14.3 Å². The average molecular weight is 420 g/mol. The third-order valence-corrected chi connectivity index (χ3v) is 5.76. The molecule has 5 rings (SSSR count). The Hall–Kier alpha value is -3.35. The van der Waals surface area contributed by atoms with Gasteiger partial charge in [-0.05, 0) is 36.4 Å². The minimum Gasteiger partial charge on any atom is -0.338 e. The van der Waals surface area contributed by atoms with Gasteiger partial charge in [0.25, 0.3) is 11.6 Å². The minimum absolute atomic E-state index is 0.217. The number of carbonyl (C=O) groups excluding carboxylic acids is 2. The van der Waals surface area contributed by atoms with Crippen LogP contribution in [0.3, 0.4) is 0 Å². The molecule has 0 saturated carbocycles. The number of hydrogen-bond donors (Lipinski definition) is 1. The largest absolute Gasteiger partial charge is 0.338 e. The Morgan fingerprint density at radius 2 is 1.67 bits per heavy atom. The zero-order valence-corrected chi connectivity index (χ0v) is 16.9. The summed E-state index contributed by atoms with van der Waals surface area (Å²) >= 11 is 5.96. The van der Waals surface area contributed by atoms with Crippen LogP contribution in [0.5, 0.6) is 0 Å². The molecule has 3 amide bonds. The third-order valence-electron chi connectivity index (χ3n) is 5.51. The number of nitrogens with zero attached hydrogens (tertiary/aromatic N) is 2. The number of halogens is 1. The van der Waals surface area contributed by atoms with Crippen LogP contribution in [-0.2, 0) is 21.9 Å². The molecule has 0 radical (unpaired) electrons. The highest BCUT2D eigenvalue weighted by molar-refractivity contribution is 6.30. The van der Waals surface area contributed by atoms with Crippen molar-refractivity contribution in [2.24, 2.45) is 0 Å². The first-order chi connectivity index (χ1) is 14.5. The van der Waals surface area contributed by atoms with Gasteiger partial charge in [0.2, 0.25) is 0 Å². The van der Waals surface area contributed by atoms with E-state index >= 15 is 0 Å². The molecule has 0 saturated heterocycles. The summed E-state index contributed by atoms with van der Waals surface area (Å²) in [5.41, 5.74) is 1.80. The summed E-state index contributed by atoms with van der Waals surface area (Å²) in [5, 5.41) is 3.44. The van der Waals surface area contributed by atoms with E-state index in [2.05, 4.69) is 5.32 Å². The molecule has 1 unspecified atom stereocenters. The molecule has 0 bridgehead atoms. The molecule has 3 aromatic rings. The number of likely N-dealkylation sites (N-methyl/N-ethyl adjacent to an activating group) is 1. The molecule has 7 heteroatoms. The number of urea groups is 1. The van der Waals surface area contributed by atoms with E-state index in [-0.39, 0.29) is 12.5 Å². The predicted octanol–water partition coefficient (Wildman–Crippen LogP) is 4.74. The average Bonchev–Trinajstić information content (AvgIpc) is 2.98. The molecule has 1 atom stereocenters. The summed E-state index contributed by atoms with van der Waals surface area (Å²) in [6, 6.07) is 21.1. The lowest BCUT2D eigenvalue weighted by Crippen LogP contribution is -2.60. The first-order valence-corrected chi connectivity index (χ1v) is 9.86. The van der Waals surface area contributed by atoms with E-state index < -0.39 is 11.8 Å². The fraction of sp³-hybridized carbons (Fsp3) is 0.130. The maximum atomic E-state index is 13.6. The van der Waals surface area contributed by atoms with Gasteiger partial charge in [0, 0.05) is 28.9 Å².